The normalized spacial score (nSPS) is 10.2. The Balaban J connectivity index is 2.05. The number of nitrogens with one attached hydrogen (secondary N) is 1. The first-order valence-corrected chi connectivity index (χ1v) is 6.18. The maximum Gasteiger partial charge on any atom is 0.321 e. The third-order valence-electron chi connectivity index (χ3n) is 2.39. The smallest absolute Gasteiger partial charge is 0.321 e. The van der Waals surface area contributed by atoms with Gasteiger partial charge in [-0.2, -0.15) is 0 Å². The Hall–Kier alpha value is -2.14. The minimum atomic E-state index is 0.327. The zero-order valence-electron chi connectivity index (χ0n) is 11.1. The minimum Gasteiger partial charge on any atom is -0.494 e. The van der Waals surface area contributed by atoms with Gasteiger partial charge in [-0.1, -0.05) is 6.07 Å². The van der Waals surface area contributed by atoms with Crippen molar-refractivity contribution < 1.29 is 9.47 Å². The molecule has 0 fully saturated rings. The summed E-state index contributed by atoms with van der Waals surface area (Å²) in [5, 5.41) is 3.04. The van der Waals surface area contributed by atoms with Gasteiger partial charge in [-0.3, -0.25) is 0 Å². The Morgan fingerprint density at radius 2 is 1.89 bits per heavy atom. The van der Waals surface area contributed by atoms with Crippen LogP contribution in [-0.4, -0.2) is 23.6 Å². The predicted molar refractivity (Wildman–Crippen MR) is 72.5 cm³/mol. The standard InChI is InChI=1S/C14H17N3O2/c1-3-18-12-5-4-6-13(7-12)19-14-16-9-11(8-15-2)10-17-14/h4-7,9-10,15H,3,8H2,1-2H3. The molecule has 2 aromatic rings. The van der Waals surface area contributed by atoms with Crippen molar-refractivity contribution in [3.05, 3.63) is 42.2 Å². The lowest BCUT2D eigenvalue weighted by Crippen LogP contribution is -2.06. The molecule has 0 atom stereocenters. The van der Waals surface area contributed by atoms with Gasteiger partial charge in [-0.05, 0) is 26.1 Å². The summed E-state index contributed by atoms with van der Waals surface area (Å²) in [7, 11) is 1.88. The number of benzene rings is 1. The van der Waals surface area contributed by atoms with E-state index < -0.39 is 0 Å². The fourth-order valence-electron chi connectivity index (χ4n) is 1.59. The molecule has 0 radical (unpaired) electrons. The molecule has 100 valence electrons. The number of hydrogen-bond donors (Lipinski definition) is 1. The molecule has 0 bridgehead atoms. The van der Waals surface area contributed by atoms with E-state index in [-0.39, 0.29) is 0 Å². The highest BCUT2D eigenvalue weighted by atomic mass is 16.5. The Bertz CT molecular complexity index is 514. The first kappa shape index (κ1) is 13.3. The Labute approximate surface area is 112 Å². The van der Waals surface area contributed by atoms with Gasteiger partial charge >= 0.3 is 6.01 Å². The molecule has 2 rings (SSSR count). The van der Waals surface area contributed by atoms with Crippen LogP contribution < -0.4 is 14.8 Å². The molecule has 5 heteroatoms. The van der Waals surface area contributed by atoms with E-state index in [2.05, 4.69) is 15.3 Å². The topological polar surface area (TPSA) is 56.3 Å². The van der Waals surface area contributed by atoms with Crippen molar-refractivity contribution in [3.8, 4) is 17.5 Å². The second-order valence-electron chi connectivity index (χ2n) is 3.91. The SMILES string of the molecule is CCOc1cccc(Oc2ncc(CNC)cn2)c1. The van der Waals surface area contributed by atoms with Gasteiger partial charge in [0.15, 0.2) is 0 Å². The van der Waals surface area contributed by atoms with E-state index in [0.29, 0.717) is 18.4 Å². The van der Waals surface area contributed by atoms with Crippen molar-refractivity contribution in [2.75, 3.05) is 13.7 Å². The Kier molecular flexibility index (Phi) is 4.69. The molecular weight excluding hydrogens is 242 g/mol. The molecular formula is C14H17N3O2. The predicted octanol–water partition coefficient (Wildman–Crippen LogP) is 2.39. The Morgan fingerprint density at radius 1 is 1.16 bits per heavy atom. The number of hydrogen-bond acceptors (Lipinski definition) is 5. The number of nitrogens with zero attached hydrogens (tertiary/aromatic N) is 2. The summed E-state index contributed by atoms with van der Waals surface area (Å²) in [6.07, 6.45) is 3.48. The molecule has 0 spiro atoms. The maximum absolute atomic E-state index is 5.58. The van der Waals surface area contributed by atoms with Crippen LogP contribution in [0.5, 0.6) is 17.5 Å². The van der Waals surface area contributed by atoms with Crippen LogP contribution in [0.25, 0.3) is 0 Å². The lowest BCUT2D eigenvalue weighted by atomic mass is 10.3. The van der Waals surface area contributed by atoms with Gasteiger partial charge < -0.3 is 14.8 Å². The molecule has 1 N–H and O–H groups in total. The molecule has 19 heavy (non-hydrogen) atoms. The molecule has 0 aliphatic carbocycles. The highest BCUT2D eigenvalue weighted by Gasteiger charge is 2.02. The van der Waals surface area contributed by atoms with Crippen molar-refractivity contribution in [1.82, 2.24) is 15.3 Å². The number of ether oxygens (including phenoxy) is 2. The van der Waals surface area contributed by atoms with Crippen LogP contribution in [0.3, 0.4) is 0 Å². The summed E-state index contributed by atoms with van der Waals surface area (Å²) < 4.78 is 11.0. The highest BCUT2D eigenvalue weighted by molar-refractivity contribution is 5.34. The first-order chi connectivity index (χ1) is 9.31. The average molecular weight is 259 g/mol. The van der Waals surface area contributed by atoms with E-state index >= 15 is 0 Å². The van der Waals surface area contributed by atoms with Crippen LogP contribution in [-0.2, 0) is 6.54 Å². The quantitative estimate of drug-likeness (QED) is 0.863. The van der Waals surface area contributed by atoms with E-state index in [9.17, 15) is 0 Å². The van der Waals surface area contributed by atoms with Gasteiger partial charge in [0.25, 0.3) is 0 Å². The third-order valence-corrected chi connectivity index (χ3v) is 2.39. The summed E-state index contributed by atoms with van der Waals surface area (Å²) in [6, 6.07) is 7.73. The molecule has 1 aromatic carbocycles. The first-order valence-electron chi connectivity index (χ1n) is 6.18. The summed E-state index contributed by atoms with van der Waals surface area (Å²) in [5.74, 6) is 1.43. The van der Waals surface area contributed by atoms with Crippen molar-refractivity contribution >= 4 is 0 Å². The van der Waals surface area contributed by atoms with Crippen molar-refractivity contribution in [2.24, 2.45) is 0 Å². The molecule has 1 heterocycles. The van der Waals surface area contributed by atoms with Gasteiger partial charge in [0.05, 0.1) is 6.61 Å². The van der Waals surface area contributed by atoms with Gasteiger partial charge in [0.1, 0.15) is 11.5 Å². The van der Waals surface area contributed by atoms with Crippen LogP contribution in [0.1, 0.15) is 12.5 Å². The van der Waals surface area contributed by atoms with Crippen LogP contribution in [0.2, 0.25) is 0 Å². The summed E-state index contributed by atoms with van der Waals surface area (Å²) in [4.78, 5) is 8.31. The van der Waals surface area contributed by atoms with E-state index in [4.69, 9.17) is 9.47 Å². The second-order valence-corrected chi connectivity index (χ2v) is 3.91. The molecule has 0 saturated heterocycles. The molecule has 0 unspecified atom stereocenters. The van der Waals surface area contributed by atoms with E-state index in [1.54, 1.807) is 12.4 Å². The Morgan fingerprint density at radius 3 is 2.58 bits per heavy atom. The maximum atomic E-state index is 5.58. The largest absolute Gasteiger partial charge is 0.494 e. The van der Waals surface area contributed by atoms with Gasteiger partial charge in [-0.25, -0.2) is 9.97 Å². The number of rotatable bonds is 6. The minimum absolute atomic E-state index is 0.327. The lowest BCUT2D eigenvalue weighted by molar-refractivity contribution is 0.337. The summed E-state index contributed by atoms with van der Waals surface area (Å²) >= 11 is 0. The molecule has 5 nitrogen and oxygen atoms in total. The van der Waals surface area contributed by atoms with Crippen LogP contribution in [0.15, 0.2) is 36.7 Å². The van der Waals surface area contributed by atoms with Gasteiger partial charge in [0, 0.05) is 30.6 Å². The van der Waals surface area contributed by atoms with Crippen molar-refractivity contribution in [2.45, 2.75) is 13.5 Å². The molecule has 0 amide bonds. The lowest BCUT2D eigenvalue weighted by Gasteiger charge is -2.07. The van der Waals surface area contributed by atoms with E-state index in [1.807, 2.05) is 38.2 Å². The zero-order valence-corrected chi connectivity index (χ0v) is 11.1. The van der Waals surface area contributed by atoms with Gasteiger partial charge in [-0.15, -0.1) is 0 Å². The third kappa shape index (κ3) is 3.93. The average Bonchev–Trinajstić information content (AvgIpc) is 2.42. The highest BCUT2D eigenvalue weighted by Crippen LogP contribution is 2.22. The fraction of sp³-hybridized carbons (Fsp3) is 0.286. The van der Waals surface area contributed by atoms with Crippen LogP contribution >= 0.6 is 0 Å². The van der Waals surface area contributed by atoms with E-state index in [1.165, 1.54) is 0 Å². The summed E-state index contributed by atoms with van der Waals surface area (Å²) in [6.45, 7) is 3.30. The monoisotopic (exact) mass is 259 g/mol. The zero-order chi connectivity index (χ0) is 13.5. The van der Waals surface area contributed by atoms with Crippen molar-refractivity contribution in [1.29, 1.82) is 0 Å². The molecule has 0 aliphatic rings. The van der Waals surface area contributed by atoms with E-state index in [0.717, 1.165) is 17.9 Å². The van der Waals surface area contributed by atoms with Crippen LogP contribution in [0, 0.1) is 0 Å². The summed E-state index contributed by atoms with van der Waals surface area (Å²) in [5.41, 5.74) is 1.01. The van der Waals surface area contributed by atoms with Crippen molar-refractivity contribution in [3.63, 3.8) is 0 Å². The molecule has 1 aromatic heterocycles. The van der Waals surface area contributed by atoms with Crippen LogP contribution in [0.4, 0.5) is 0 Å². The molecule has 0 saturated carbocycles. The number of aromatic nitrogens is 2. The van der Waals surface area contributed by atoms with Gasteiger partial charge in [0.2, 0.25) is 0 Å². The fourth-order valence-corrected chi connectivity index (χ4v) is 1.59. The second kappa shape index (κ2) is 6.70. The molecule has 0 aliphatic heterocycles.